The normalized spacial score (nSPS) is 11.5. The van der Waals surface area contributed by atoms with Gasteiger partial charge in [-0.25, -0.2) is 0 Å². The minimum atomic E-state index is 0.0288. The lowest BCUT2D eigenvalue weighted by Gasteiger charge is -2.24. The van der Waals surface area contributed by atoms with Crippen LogP contribution in [0.1, 0.15) is 19.4 Å². The number of phenolic OH excluding ortho intramolecular Hbond substituents is 1. The summed E-state index contributed by atoms with van der Waals surface area (Å²) in [5.74, 6) is 0.711. The van der Waals surface area contributed by atoms with Gasteiger partial charge in [0.2, 0.25) is 0 Å². The van der Waals surface area contributed by atoms with Gasteiger partial charge in [0.05, 0.1) is 7.11 Å². The number of hydrogen-bond acceptors (Lipinski definition) is 3. The predicted molar refractivity (Wildman–Crippen MR) is 61.5 cm³/mol. The fourth-order valence-corrected chi connectivity index (χ4v) is 1.44. The van der Waals surface area contributed by atoms with E-state index in [1.54, 1.807) is 19.2 Å². The van der Waals surface area contributed by atoms with Crippen molar-refractivity contribution < 1.29 is 9.84 Å². The van der Waals surface area contributed by atoms with Crippen molar-refractivity contribution in [2.75, 3.05) is 14.2 Å². The molecule has 0 bridgehead atoms. The number of phenols is 1. The molecule has 0 aliphatic rings. The zero-order chi connectivity index (χ0) is 11.5. The minimum Gasteiger partial charge on any atom is -0.504 e. The van der Waals surface area contributed by atoms with Gasteiger partial charge >= 0.3 is 0 Å². The number of methoxy groups -OCH3 is 1. The van der Waals surface area contributed by atoms with Gasteiger partial charge in [-0.2, -0.15) is 0 Å². The summed E-state index contributed by atoms with van der Waals surface area (Å²) < 4.78 is 4.99. The van der Waals surface area contributed by atoms with Gasteiger partial charge in [0.1, 0.15) is 0 Å². The molecular formula is C12H19NO2. The molecule has 3 heteroatoms. The molecule has 0 unspecified atom stereocenters. The third kappa shape index (κ3) is 3.13. The Morgan fingerprint density at radius 1 is 1.40 bits per heavy atom. The Balaban J connectivity index is 2.84. The SMILES string of the molecule is CNC(C)(C)Cc1ccc(OC)c(O)c1. The smallest absolute Gasteiger partial charge is 0.160 e. The van der Waals surface area contributed by atoms with Crippen LogP contribution in [0.4, 0.5) is 0 Å². The van der Waals surface area contributed by atoms with E-state index in [2.05, 4.69) is 19.2 Å². The lowest BCUT2D eigenvalue weighted by molar-refractivity contribution is 0.371. The number of benzene rings is 1. The second kappa shape index (κ2) is 4.53. The molecule has 0 radical (unpaired) electrons. The van der Waals surface area contributed by atoms with E-state index >= 15 is 0 Å². The topological polar surface area (TPSA) is 41.5 Å². The minimum absolute atomic E-state index is 0.0288. The molecule has 1 aromatic rings. The molecule has 0 amide bonds. The number of likely N-dealkylation sites (N-methyl/N-ethyl adjacent to an activating group) is 1. The van der Waals surface area contributed by atoms with Crippen LogP contribution >= 0.6 is 0 Å². The second-order valence-electron chi connectivity index (χ2n) is 4.32. The summed E-state index contributed by atoms with van der Waals surface area (Å²) in [6, 6.07) is 5.51. The van der Waals surface area contributed by atoms with Crippen LogP contribution in [-0.2, 0) is 6.42 Å². The molecule has 0 heterocycles. The molecule has 0 aromatic heterocycles. The molecule has 0 fully saturated rings. The first kappa shape index (κ1) is 11.9. The van der Waals surface area contributed by atoms with Gasteiger partial charge in [-0.05, 0) is 45.0 Å². The highest BCUT2D eigenvalue weighted by Crippen LogP contribution is 2.27. The lowest BCUT2D eigenvalue weighted by Crippen LogP contribution is -2.38. The molecule has 3 nitrogen and oxygen atoms in total. The third-order valence-corrected chi connectivity index (χ3v) is 2.57. The summed E-state index contributed by atoms with van der Waals surface area (Å²) in [5, 5.41) is 12.8. The zero-order valence-electron chi connectivity index (χ0n) is 9.79. The average molecular weight is 209 g/mol. The van der Waals surface area contributed by atoms with Crippen LogP contribution in [-0.4, -0.2) is 24.8 Å². The molecule has 0 aliphatic heterocycles. The molecule has 2 N–H and O–H groups in total. The fraction of sp³-hybridized carbons (Fsp3) is 0.500. The van der Waals surface area contributed by atoms with Crippen molar-refractivity contribution in [2.24, 2.45) is 0 Å². The highest BCUT2D eigenvalue weighted by atomic mass is 16.5. The van der Waals surface area contributed by atoms with Gasteiger partial charge < -0.3 is 15.2 Å². The number of rotatable bonds is 4. The Morgan fingerprint density at radius 2 is 2.07 bits per heavy atom. The maximum Gasteiger partial charge on any atom is 0.160 e. The van der Waals surface area contributed by atoms with Crippen molar-refractivity contribution in [3.05, 3.63) is 23.8 Å². The van der Waals surface area contributed by atoms with Crippen LogP contribution in [0.2, 0.25) is 0 Å². The number of hydrogen-bond donors (Lipinski definition) is 2. The summed E-state index contributed by atoms with van der Waals surface area (Å²) in [6.07, 6.45) is 0.862. The van der Waals surface area contributed by atoms with Crippen LogP contribution in [0.15, 0.2) is 18.2 Å². The highest BCUT2D eigenvalue weighted by Gasteiger charge is 2.16. The molecule has 84 valence electrons. The second-order valence-corrected chi connectivity index (χ2v) is 4.32. The van der Waals surface area contributed by atoms with E-state index in [1.165, 1.54) is 0 Å². The molecule has 0 atom stereocenters. The van der Waals surface area contributed by atoms with Crippen LogP contribution in [0, 0.1) is 0 Å². The Morgan fingerprint density at radius 3 is 2.53 bits per heavy atom. The average Bonchev–Trinajstić information content (AvgIpc) is 2.17. The first-order valence-corrected chi connectivity index (χ1v) is 5.03. The molecule has 1 rings (SSSR count). The van der Waals surface area contributed by atoms with Gasteiger partial charge in [-0.1, -0.05) is 6.07 Å². The van der Waals surface area contributed by atoms with Gasteiger partial charge in [0.15, 0.2) is 11.5 Å². The van der Waals surface area contributed by atoms with Gasteiger partial charge in [-0.3, -0.25) is 0 Å². The first-order valence-electron chi connectivity index (χ1n) is 5.03. The van der Waals surface area contributed by atoms with E-state index in [9.17, 15) is 5.11 Å². The molecule has 0 aliphatic carbocycles. The summed E-state index contributed by atoms with van der Waals surface area (Å²) in [5.41, 5.74) is 1.12. The maximum atomic E-state index is 9.62. The van der Waals surface area contributed by atoms with Crippen molar-refractivity contribution in [2.45, 2.75) is 25.8 Å². The molecule has 1 aromatic carbocycles. The quantitative estimate of drug-likeness (QED) is 0.796. The number of ether oxygens (including phenoxy) is 1. The Hall–Kier alpha value is -1.22. The lowest BCUT2D eigenvalue weighted by atomic mass is 9.95. The van der Waals surface area contributed by atoms with E-state index in [0.29, 0.717) is 5.75 Å². The van der Waals surface area contributed by atoms with Gasteiger partial charge in [-0.15, -0.1) is 0 Å². The Bertz CT molecular complexity index is 334. The highest BCUT2D eigenvalue weighted by molar-refractivity contribution is 5.42. The number of aromatic hydroxyl groups is 1. The molecule has 0 spiro atoms. The van der Waals surface area contributed by atoms with Gasteiger partial charge in [0.25, 0.3) is 0 Å². The van der Waals surface area contributed by atoms with Crippen molar-refractivity contribution in [3.8, 4) is 11.5 Å². The van der Waals surface area contributed by atoms with E-state index in [1.807, 2.05) is 13.1 Å². The van der Waals surface area contributed by atoms with Crippen molar-refractivity contribution in [1.82, 2.24) is 5.32 Å². The zero-order valence-corrected chi connectivity index (χ0v) is 9.79. The van der Waals surface area contributed by atoms with Gasteiger partial charge in [0, 0.05) is 5.54 Å². The van der Waals surface area contributed by atoms with Crippen LogP contribution < -0.4 is 10.1 Å². The Labute approximate surface area is 91.1 Å². The molecular weight excluding hydrogens is 190 g/mol. The first-order chi connectivity index (χ1) is 6.98. The molecule has 0 saturated carbocycles. The summed E-state index contributed by atoms with van der Waals surface area (Å²) >= 11 is 0. The maximum absolute atomic E-state index is 9.62. The van der Waals surface area contributed by atoms with E-state index < -0.39 is 0 Å². The van der Waals surface area contributed by atoms with Crippen molar-refractivity contribution >= 4 is 0 Å². The number of nitrogens with one attached hydrogen (secondary N) is 1. The van der Waals surface area contributed by atoms with Crippen LogP contribution in [0.25, 0.3) is 0 Å². The summed E-state index contributed by atoms with van der Waals surface area (Å²) in [4.78, 5) is 0. The van der Waals surface area contributed by atoms with Crippen LogP contribution in [0.5, 0.6) is 11.5 Å². The summed E-state index contributed by atoms with van der Waals surface area (Å²) in [7, 11) is 3.48. The Kier molecular flexibility index (Phi) is 3.58. The van der Waals surface area contributed by atoms with Crippen LogP contribution in [0.3, 0.4) is 0 Å². The van der Waals surface area contributed by atoms with Crippen molar-refractivity contribution in [3.63, 3.8) is 0 Å². The third-order valence-electron chi connectivity index (χ3n) is 2.57. The fourth-order valence-electron chi connectivity index (χ4n) is 1.44. The predicted octanol–water partition coefficient (Wildman–Crippen LogP) is 1.94. The standard InChI is InChI=1S/C12H19NO2/c1-12(2,13-3)8-9-5-6-11(15-4)10(14)7-9/h5-7,13-14H,8H2,1-4H3. The van der Waals surface area contributed by atoms with E-state index in [-0.39, 0.29) is 11.3 Å². The largest absolute Gasteiger partial charge is 0.504 e. The van der Waals surface area contributed by atoms with E-state index in [4.69, 9.17) is 4.74 Å². The molecule has 15 heavy (non-hydrogen) atoms. The molecule has 0 saturated heterocycles. The van der Waals surface area contributed by atoms with E-state index in [0.717, 1.165) is 12.0 Å². The summed E-state index contributed by atoms with van der Waals surface area (Å²) in [6.45, 7) is 4.24. The monoisotopic (exact) mass is 209 g/mol. The van der Waals surface area contributed by atoms with Crippen molar-refractivity contribution in [1.29, 1.82) is 0 Å².